The van der Waals surface area contributed by atoms with Crippen molar-refractivity contribution in [1.82, 2.24) is 15.4 Å². The second-order valence-electron chi connectivity index (χ2n) is 10.5. The monoisotopic (exact) mass is 592 g/mol. The summed E-state index contributed by atoms with van der Waals surface area (Å²) in [6.07, 6.45) is 2.36. The fraction of sp³-hybridized carbons (Fsp3) is 0.448. The number of pyridine rings is 1. The second-order valence-corrected chi connectivity index (χ2v) is 11.7. The summed E-state index contributed by atoms with van der Waals surface area (Å²) < 4.78 is 45.6. The van der Waals surface area contributed by atoms with Crippen molar-refractivity contribution in [3.63, 3.8) is 0 Å². The van der Waals surface area contributed by atoms with Gasteiger partial charge in [0.1, 0.15) is 5.75 Å². The molecule has 0 aliphatic carbocycles. The minimum Gasteiger partial charge on any atom is -0.497 e. The lowest BCUT2D eigenvalue weighted by molar-refractivity contribution is -0.143. The van der Waals surface area contributed by atoms with Crippen LogP contribution >= 0.6 is 11.8 Å². The number of thioether (sulfide) groups is 1. The van der Waals surface area contributed by atoms with E-state index < -0.39 is 34.9 Å². The highest BCUT2D eigenvalue weighted by molar-refractivity contribution is 7.99. The van der Waals surface area contributed by atoms with E-state index in [0.717, 1.165) is 23.2 Å². The highest BCUT2D eigenvalue weighted by Crippen LogP contribution is 2.41. The third-order valence-electron chi connectivity index (χ3n) is 7.84. The fourth-order valence-corrected chi connectivity index (χ4v) is 6.35. The van der Waals surface area contributed by atoms with Gasteiger partial charge in [0.05, 0.1) is 36.0 Å². The summed E-state index contributed by atoms with van der Waals surface area (Å²) in [4.78, 5) is 21.7. The molecule has 222 valence electrons. The number of aliphatic hydroxyl groups is 1. The highest BCUT2D eigenvalue weighted by atomic mass is 32.2. The summed E-state index contributed by atoms with van der Waals surface area (Å²) in [6.45, 7) is 1.73. The molecule has 0 saturated carbocycles. The van der Waals surface area contributed by atoms with Crippen molar-refractivity contribution in [2.24, 2.45) is 5.41 Å². The zero-order valence-corrected chi connectivity index (χ0v) is 24.1. The van der Waals surface area contributed by atoms with E-state index in [-0.39, 0.29) is 6.42 Å². The molecule has 1 amide bonds. The number of hydroxylamine groups is 1. The Morgan fingerprint density at radius 1 is 1.20 bits per heavy atom. The quantitative estimate of drug-likeness (QED) is 0.125. The van der Waals surface area contributed by atoms with E-state index in [0.29, 0.717) is 66.4 Å². The average Bonchev–Trinajstić information content (AvgIpc) is 2.97. The molecule has 4 rings (SSSR count). The molecule has 2 aromatic carbocycles. The molecule has 3 aromatic rings. The molecular formula is C29H35F3N4O4S. The van der Waals surface area contributed by atoms with Crippen LogP contribution in [0.5, 0.6) is 5.75 Å². The maximum atomic E-state index is 13.5. The molecule has 12 heteroatoms. The molecular weight excluding hydrogens is 557 g/mol. The topological polar surface area (TPSA) is 98.2 Å². The number of likely N-dealkylation sites (tertiary alicyclic amines) is 1. The molecule has 1 aromatic heterocycles. The maximum Gasteiger partial charge on any atom is 0.249 e. The Labute approximate surface area is 241 Å². The standard InChI is InChI=1S/C29H35F3N4O4S/c1-35(2)24-17-33-23-5-4-18(40-3)14-20(23)26(24)25(37)6-7-29(28(38)34-39)8-10-36(11-9-29)12-13-41-19-15-21(30)27(32)22(31)16-19/h4-5,14-17,25,37,39H,6-13H2,1-3H3,(H,34,38)/t25-/m1/s1. The van der Waals surface area contributed by atoms with Gasteiger partial charge in [0.25, 0.3) is 0 Å². The first kappa shape index (κ1) is 30.9. The Morgan fingerprint density at radius 2 is 1.88 bits per heavy atom. The number of carbonyl (C=O) groups is 1. The summed E-state index contributed by atoms with van der Waals surface area (Å²) in [7, 11) is 5.32. The van der Waals surface area contributed by atoms with Gasteiger partial charge < -0.3 is 19.6 Å². The van der Waals surface area contributed by atoms with Gasteiger partial charge >= 0.3 is 0 Å². The van der Waals surface area contributed by atoms with Crippen LogP contribution in [0.3, 0.4) is 0 Å². The SMILES string of the molecule is COc1ccc2ncc(N(C)C)c([C@H](O)CCC3(C(=O)NO)CCN(CCSc4cc(F)c(F)c(F)c4)CC3)c2c1. The first-order valence-electron chi connectivity index (χ1n) is 13.3. The van der Waals surface area contributed by atoms with Gasteiger partial charge in [-0.25, -0.2) is 18.7 Å². The predicted molar refractivity (Wildman–Crippen MR) is 152 cm³/mol. The lowest BCUT2D eigenvalue weighted by atomic mass is 9.73. The van der Waals surface area contributed by atoms with Crippen LogP contribution in [0.15, 0.2) is 41.4 Å². The maximum absolute atomic E-state index is 13.5. The number of fused-ring (bicyclic) bond motifs is 1. The van der Waals surface area contributed by atoms with Gasteiger partial charge in [-0.05, 0) is 69.1 Å². The van der Waals surface area contributed by atoms with Gasteiger partial charge in [-0.1, -0.05) is 0 Å². The van der Waals surface area contributed by atoms with Crippen LogP contribution in [0.25, 0.3) is 10.9 Å². The number of nitrogens with zero attached hydrogens (tertiary/aromatic N) is 3. The zero-order valence-electron chi connectivity index (χ0n) is 23.3. The number of aromatic nitrogens is 1. The van der Waals surface area contributed by atoms with E-state index in [1.54, 1.807) is 13.3 Å². The molecule has 1 aliphatic rings. The number of carbonyl (C=O) groups excluding carboxylic acids is 1. The van der Waals surface area contributed by atoms with Crippen molar-refractivity contribution in [2.75, 3.05) is 51.5 Å². The van der Waals surface area contributed by atoms with Gasteiger partial charge in [-0.2, -0.15) is 0 Å². The number of nitrogens with one attached hydrogen (secondary N) is 1. The fourth-order valence-electron chi connectivity index (χ4n) is 5.39. The first-order chi connectivity index (χ1) is 19.6. The predicted octanol–water partition coefficient (Wildman–Crippen LogP) is 4.92. The molecule has 1 fully saturated rings. The summed E-state index contributed by atoms with van der Waals surface area (Å²) in [5, 5.41) is 21.8. The summed E-state index contributed by atoms with van der Waals surface area (Å²) in [5.74, 6) is -3.24. The lowest BCUT2D eigenvalue weighted by Gasteiger charge is -2.40. The Hall–Kier alpha value is -3.06. The number of benzene rings is 2. The summed E-state index contributed by atoms with van der Waals surface area (Å²) in [6, 6.07) is 7.44. The largest absolute Gasteiger partial charge is 0.497 e. The first-order valence-corrected chi connectivity index (χ1v) is 14.3. The number of methoxy groups -OCH3 is 1. The molecule has 1 atom stereocenters. The van der Waals surface area contributed by atoms with Crippen molar-refractivity contribution in [3.8, 4) is 5.75 Å². The molecule has 3 N–H and O–H groups in total. The summed E-state index contributed by atoms with van der Waals surface area (Å²) in [5.41, 5.74) is 3.12. The van der Waals surface area contributed by atoms with Gasteiger partial charge in [0, 0.05) is 42.2 Å². The zero-order chi connectivity index (χ0) is 29.7. The normalized spacial score (nSPS) is 16.0. The van der Waals surface area contributed by atoms with Crippen LogP contribution in [-0.4, -0.2) is 72.7 Å². The molecule has 1 aliphatic heterocycles. The Balaban J connectivity index is 1.43. The van der Waals surface area contributed by atoms with Crippen molar-refractivity contribution in [1.29, 1.82) is 0 Å². The highest BCUT2D eigenvalue weighted by Gasteiger charge is 2.41. The Morgan fingerprint density at radius 3 is 2.49 bits per heavy atom. The number of rotatable bonds is 11. The van der Waals surface area contributed by atoms with Crippen LogP contribution in [0.4, 0.5) is 18.9 Å². The van der Waals surface area contributed by atoms with E-state index in [1.165, 1.54) is 11.8 Å². The van der Waals surface area contributed by atoms with E-state index >= 15 is 0 Å². The van der Waals surface area contributed by atoms with Crippen LogP contribution in [0.1, 0.15) is 37.4 Å². The number of ether oxygens (including phenoxy) is 1. The van der Waals surface area contributed by atoms with Crippen molar-refractivity contribution in [3.05, 3.63) is 59.5 Å². The van der Waals surface area contributed by atoms with Gasteiger partial charge in [-0.15, -0.1) is 11.8 Å². The Kier molecular flexibility index (Phi) is 10.0. The summed E-state index contributed by atoms with van der Waals surface area (Å²) >= 11 is 1.22. The molecule has 1 saturated heterocycles. The van der Waals surface area contributed by atoms with Crippen molar-refractivity contribution in [2.45, 2.75) is 36.7 Å². The minimum absolute atomic E-state index is 0.280. The lowest BCUT2D eigenvalue weighted by Crippen LogP contribution is -2.48. The third-order valence-corrected chi connectivity index (χ3v) is 8.79. The van der Waals surface area contributed by atoms with Crippen LogP contribution < -0.4 is 15.1 Å². The number of hydrogen-bond acceptors (Lipinski definition) is 8. The average molecular weight is 593 g/mol. The molecule has 0 spiro atoms. The van der Waals surface area contributed by atoms with Gasteiger partial charge in [-0.3, -0.25) is 15.0 Å². The number of amides is 1. The van der Waals surface area contributed by atoms with Gasteiger partial charge in [0.2, 0.25) is 5.91 Å². The van der Waals surface area contributed by atoms with Crippen LogP contribution in [0, 0.1) is 22.9 Å². The smallest absolute Gasteiger partial charge is 0.249 e. The van der Waals surface area contributed by atoms with Crippen molar-refractivity contribution >= 4 is 34.3 Å². The second kappa shape index (κ2) is 13.3. The third kappa shape index (κ3) is 6.88. The number of piperidine rings is 1. The number of hydrogen-bond donors (Lipinski definition) is 3. The van der Waals surface area contributed by atoms with E-state index in [2.05, 4.69) is 9.88 Å². The number of aliphatic hydroxyl groups excluding tert-OH is 1. The molecule has 0 unspecified atom stereocenters. The minimum atomic E-state index is -1.48. The molecule has 0 radical (unpaired) electrons. The Bertz CT molecular complexity index is 1360. The van der Waals surface area contributed by atoms with E-state index in [9.17, 15) is 28.3 Å². The molecule has 0 bridgehead atoms. The van der Waals surface area contributed by atoms with E-state index in [4.69, 9.17) is 4.74 Å². The van der Waals surface area contributed by atoms with Crippen LogP contribution in [0.2, 0.25) is 0 Å². The molecule has 2 heterocycles. The molecule has 8 nitrogen and oxygen atoms in total. The van der Waals surface area contributed by atoms with Crippen molar-refractivity contribution < 1.29 is 33.0 Å². The van der Waals surface area contributed by atoms with Gasteiger partial charge in [0.15, 0.2) is 17.5 Å². The molecule has 41 heavy (non-hydrogen) atoms. The number of halogens is 3. The number of anilines is 1. The van der Waals surface area contributed by atoms with Crippen LogP contribution in [-0.2, 0) is 4.79 Å². The van der Waals surface area contributed by atoms with E-state index in [1.807, 2.05) is 42.7 Å².